The molecule has 1 aliphatic rings. The summed E-state index contributed by atoms with van der Waals surface area (Å²) >= 11 is 0. The number of rotatable bonds is 8. The Hall–Kier alpha value is -4.40. The lowest BCUT2D eigenvalue weighted by atomic mass is 9.99. The molecule has 3 heterocycles. The van der Waals surface area contributed by atoms with Crippen LogP contribution in [0, 0.1) is 11.3 Å². The Balaban J connectivity index is 1.50. The molecule has 2 N–H and O–H groups in total. The van der Waals surface area contributed by atoms with Gasteiger partial charge in [0.05, 0.1) is 35.7 Å². The smallest absolute Gasteiger partial charge is 0.257 e. The Labute approximate surface area is 226 Å². The average molecular weight is 546 g/mol. The van der Waals surface area contributed by atoms with Crippen LogP contribution in [0.4, 0.5) is 5.69 Å². The van der Waals surface area contributed by atoms with Crippen molar-refractivity contribution >= 4 is 32.7 Å². The predicted molar refractivity (Wildman–Crippen MR) is 148 cm³/mol. The Morgan fingerprint density at radius 2 is 2.00 bits per heavy atom. The van der Waals surface area contributed by atoms with Crippen LogP contribution in [-0.4, -0.2) is 68.9 Å². The van der Waals surface area contributed by atoms with Crippen LogP contribution in [0.3, 0.4) is 0 Å². The third-order valence-electron chi connectivity index (χ3n) is 6.44. The Morgan fingerprint density at radius 1 is 1.15 bits per heavy atom. The van der Waals surface area contributed by atoms with Crippen molar-refractivity contribution in [2.75, 3.05) is 44.4 Å². The molecule has 0 saturated carbocycles. The molecule has 39 heavy (non-hydrogen) atoms. The van der Waals surface area contributed by atoms with Gasteiger partial charge >= 0.3 is 0 Å². The zero-order chi connectivity index (χ0) is 27.6. The molecule has 0 saturated heterocycles. The van der Waals surface area contributed by atoms with E-state index in [0.717, 1.165) is 34.8 Å². The number of nitriles is 1. The number of pyridine rings is 1. The van der Waals surface area contributed by atoms with Crippen molar-refractivity contribution in [2.24, 2.45) is 0 Å². The molecule has 0 bridgehead atoms. The zero-order valence-corrected chi connectivity index (χ0v) is 22.3. The van der Waals surface area contributed by atoms with E-state index in [4.69, 9.17) is 9.47 Å². The molecule has 2 aromatic heterocycles. The summed E-state index contributed by atoms with van der Waals surface area (Å²) in [5.74, 6) is 0.460. The Morgan fingerprint density at radius 3 is 2.77 bits per heavy atom. The van der Waals surface area contributed by atoms with Crippen LogP contribution in [0.15, 0.2) is 54.9 Å². The molecule has 0 atom stereocenters. The largest absolute Gasteiger partial charge is 0.491 e. The van der Waals surface area contributed by atoms with Gasteiger partial charge in [-0.3, -0.25) is 9.52 Å². The lowest BCUT2D eigenvalue weighted by molar-refractivity contribution is 0.0736. The number of hydrogen-bond donors (Lipinski definition) is 2. The summed E-state index contributed by atoms with van der Waals surface area (Å²) in [6.45, 7) is 2.09. The maximum atomic E-state index is 13.1. The zero-order valence-electron chi connectivity index (χ0n) is 21.5. The first kappa shape index (κ1) is 26.2. The van der Waals surface area contributed by atoms with E-state index in [9.17, 15) is 18.5 Å². The van der Waals surface area contributed by atoms with Crippen LogP contribution in [0.25, 0.3) is 33.3 Å². The Bertz CT molecular complexity index is 1710. The molecular formula is C28H27N5O5S. The van der Waals surface area contributed by atoms with Crippen LogP contribution in [-0.2, 0) is 14.8 Å². The van der Waals surface area contributed by atoms with E-state index in [1.165, 1.54) is 6.07 Å². The van der Waals surface area contributed by atoms with Crippen LogP contribution >= 0.6 is 0 Å². The number of anilines is 1. The molecule has 0 fully saturated rings. The fourth-order valence-electron chi connectivity index (χ4n) is 4.67. The number of fused-ring (bicyclic) bond motifs is 2. The summed E-state index contributed by atoms with van der Waals surface area (Å²) in [7, 11) is -1.88. The summed E-state index contributed by atoms with van der Waals surface area (Å²) in [4.78, 5) is 22.6. The number of aromatic amines is 1. The highest BCUT2D eigenvalue weighted by molar-refractivity contribution is 7.92. The minimum atomic E-state index is -3.52. The number of aromatic nitrogens is 2. The van der Waals surface area contributed by atoms with Crippen molar-refractivity contribution < 1.29 is 22.7 Å². The molecule has 0 unspecified atom stereocenters. The Kier molecular flexibility index (Phi) is 7.24. The van der Waals surface area contributed by atoms with Crippen molar-refractivity contribution in [3.63, 3.8) is 0 Å². The molecule has 0 aliphatic carbocycles. The third kappa shape index (κ3) is 5.72. The summed E-state index contributed by atoms with van der Waals surface area (Å²) in [6.07, 6.45) is 5.33. The molecule has 1 aliphatic heterocycles. The number of nitrogens with one attached hydrogen (secondary N) is 2. The molecule has 2 aromatic carbocycles. The van der Waals surface area contributed by atoms with E-state index >= 15 is 0 Å². The van der Waals surface area contributed by atoms with Gasteiger partial charge in [-0.1, -0.05) is 6.07 Å². The van der Waals surface area contributed by atoms with E-state index in [1.54, 1.807) is 42.6 Å². The molecule has 0 radical (unpaired) electrons. The number of hydrogen-bond acceptors (Lipinski definition) is 7. The fourth-order valence-corrected chi connectivity index (χ4v) is 5.22. The highest BCUT2D eigenvalue weighted by Crippen LogP contribution is 2.35. The number of benzene rings is 2. The number of H-pyrrole nitrogens is 1. The first-order chi connectivity index (χ1) is 18.8. The van der Waals surface area contributed by atoms with E-state index in [-0.39, 0.29) is 5.91 Å². The summed E-state index contributed by atoms with van der Waals surface area (Å²) in [5, 5.41) is 10.3. The molecule has 1 amide bonds. The van der Waals surface area contributed by atoms with Gasteiger partial charge in [-0.25, -0.2) is 13.4 Å². The minimum absolute atomic E-state index is 0.0671. The number of methoxy groups -OCH3 is 1. The third-order valence-corrected chi connectivity index (χ3v) is 7.04. The van der Waals surface area contributed by atoms with Gasteiger partial charge in [0, 0.05) is 49.2 Å². The van der Waals surface area contributed by atoms with Crippen LogP contribution in [0.2, 0.25) is 0 Å². The predicted octanol–water partition coefficient (Wildman–Crippen LogP) is 4.01. The molecule has 200 valence electrons. The van der Waals surface area contributed by atoms with E-state index in [1.807, 2.05) is 18.2 Å². The first-order valence-corrected chi connectivity index (χ1v) is 14.2. The topological polar surface area (TPSA) is 137 Å². The second-order valence-corrected chi connectivity index (χ2v) is 11.1. The highest BCUT2D eigenvalue weighted by atomic mass is 32.2. The second-order valence-electron chi connectivity index (χ2n) is 9.31. The number of amides is 1. The van der Waals surface area contributed by atoms with Crippen molar-refractivity contribution in [2.45, 2.75) is 6.42 Å². The van der Waals surface area contributed by atoms with Gasteiger partial charge < -0.3 is 19.4 Å². The molecule has 0 spiro atoms. The second kappa shape index (κ2) is 10.8. The van der Waals surface area contributed by atoms with Gasteiger partial charge in [-0.05, 0) is 53.9 Å². The fraction of sp³-hybridized carbons (Fsp3) is 0.250. The van der Waals surface area contributed by atoms with Crippen molar-refractivity contribution in [1.29, 1.82) is 5.26 Å². The normalized spacial score (nSPS) is 13.5. The number of nitrogens with zero attached hydrogens (tertiary/aromatic N) is 3. The van der Waals surface area contributed by atoms with Gasteiger partial charge in [0.2, 0.25) is 10.0 Å². The number of sulfonamides is 1. The van der Waals surface area contributed by atoms with Gasteiger partial charge in [0.1, 0.15) is 18.0 Å². The molecule has 10 nitrogen and oxygen atoms in total. The molecule has 11 heteroatoms. The number of carbonyl (C=O) groups is 1. The first-order valence-electron chi connectivity index (χ1n) is 12.3. The summed E-state index contributed by atoms with van der Waals surface area (Å²) < 4.78 is 37.1. The molecule has 4 aromatic rings. The summed E-state index contributed by atoms with van der Waals surface area (Å²) in [6, 6.07) is 14.4. The van der Waals surface area contributed by atoms with Crippen molar-refractivity contribution in [1.82, 2.24) is 14.9 Å². The van der Waals surface area contributed by atoms with Crippen molar-refractivity contribution in [3.8, 4) is 34.1 Å². The highest BCUT2D eigenvalue weighted by Gasteiger charge is 2.24. The van der Waals surface area contributed by atoms with E-state index < -0.39 is 10.0 Å². The standard InChI is InChI=1S/C28H27N5O5S/c1-37-8-3-6-33-7-9-38-26-14-19(4-5-23(26)28(33)34)21-13-24-25(17-31-27(24)30-16-21)20-10-18(15-29)11-22(12-20)32-39(2,35)36/h4-5,10-14,16-17,32H,3,6-9H2,1-2H3,(H,30,31). The molecular weight excluding hydrogens is 518 g/mol. The minimum Gasteiger partial charge on any atom is -0.491 e. The number of ether oxygens (including phenoxy) is 2. The van der Waals surface area contributed by atoms with Gasteiger partial charge in [-0.2, -0.15) is 5.26 Å². The maximum absolute atomic E-state index is 13.1. The van der Waals surface area contributed by atoms with E-state index in [2.05, 4.69) is 20.8 Å². The van der Waals surface area contributed by atoms with Crippen LogP contribution in [0.5, 0.6) is 5.75 Å². The van der Waals surface area contributed by atoms with E-state index in [0.29, 0.717) is 60.1 Å². The summed E-state index contributed by atoms with van der Waals surface area (Å²) in [5.41, 5.74) is 4.85. The van der Waals surface area contributed by atoms with Gasteiger partial charge in [0.25, 0.3) is 5.91 Å². The van der Waals surface area contributed by atoms with Gasteiger partial charge in [0.15, 0.2) is 0 Å². The number of carbonyl (C=O) groups excluding carboxylic acids is 1. The lowest BCUT2D eigenvalue weighted by Crippen LogP contribution is -2.33. The van der Waals surface area contributed by atoms with Crippen molar-refractivity contribution in [3.05, 3.63) is 66.0 Å². The maximum Gasteiger partial charge on any atom is 0.257 e. The van der Waals surface area contributed by atoms with Gasteiger partial charge in [-0.15, -0.1) is 0 Å². The van der Waals surface area contributed by atoms with Crippen LogP contribution in [0.1, 0.15) is 22.3 Å². The quantitative estimate of drug-likeness (QED) is 0.319. The SMILES string of the molecule is COCCCN1CCOc2cc(-c3cnc4[nH]cc(-c5cc(C#N)cc(NS(C)(=O)=O)c5)c4c3)ccc2C1=O. The average Bonchev–Trinajstić information content (AvgIpc) is 3.27. The molecule has 5 rings (SSSR count). The van der Waals surface area contributed by atoms with Crippen LogP contribution < -0.4 is 9.46 Å². The lowest BCUT2D eigenvalue weighted by Gasteiger charge is -2.19. The monoisotopic (exact) mass is 545 g/mol.